The maximum atomic E-state index is 11.9. The minimum absolute atomic E-state index is 0.0963. The van der Waals surface area contributed by atoms with Crippen LogP contribution < -0.4 is 9.44 Å². The minimum atomic E-state index is -4.34. The number of hydrogen-bond donors (Lipinski definition) is 2. The van der Waals surface area contributed by atoms with Crippen molar-refractivity contribution in [2.45, 2.75) is 26.3 Å². The second-order valence-corrected chi connectivity index (χ2v) is 5.83. The molecule has 5 nitrogen and oxygen atoms in total. The average Bonchev–Trinajstić information content (AvgIpc) is 2.36. The quantitative estimate of drug-likeness (QED) is 0.764. The highest BCUT2D eigenvalue weighted by molar-refractivity contribution is 7.87. The molecule has 1 rings (SSSR count). The van der Waals surface area contributed by atoms with Crippen molar-refractivity contribution in [2.24, 2.45) is 0 Å². The van der Waals surface area contributed by atoms with Crippen LogP contribution in [0.4, 0.5) is 13.2 Å². The largest absolute Gasteiger partial charge is 0.411 e. The lowest BCUT2D eigenvalue weighted by atomic mass is 10.1. The van der Waals surface area contributed by atoms with Gasteiger partial charge in [-0.3, -0.25) is 0 Å². The summed E-state index contributed by atoms with van der Waals surface area (Å²) in [6.45, 7) is 0.596. The highest BCUT2D eigenvalue weighted by Gasteiger charge is 2.27. The Morgan fingerprint density at radius 3 is 2.19 bits per heavy atom. The molecular weight excluding hydrogens is 309 g/mol. The number of rotatable bonds is 8. The van der Waals surface area contributed by atoms with E-state index in [9.17, 15) is 21.6 Å². The Kier molecular flexibility index (Phi) is 6.59. The van der Waals surface area contributed by atoms with Crippen molar-refractivity contribution in [3.63, 3.8) is 0 Å². The van der Waals surface area contributed by atoms with Crippen LogP contribution in [0.3, 0.4) is 0 Å². The van der Waals surface area contributed by atoms with Crippen LogP contribution >= 0.6 is 0 Å². The van der Waals surface area contributed by atoms with Crippen molar-refractivity contribution < 1.29 is 26.3 Å². The smallest absolute Gasteiger partial charge is 0.367 e. The summed E-state index contributed by atoms with van der Waals surface area (Å²) >= 11 is 0. The van der Waals surface area contributed by atoms with Gasteiger partial charge in [0, 0.05) is 13.1 Å². The van der Waals surface area contributed by atoms with Crippen molar-refractivity contribution in [1.29, 1.82) is 0 Å². The monoisotopic (exact) mass is 326 g/mol. The number of alkyl halides is 3. The summed E-state index contributed by atoms with van der Waals surface area (Å²) in [6.07, 6.45) is -4.34. The zero-order chi connectivity index (χ0) is 15.9. The lowest BCUT2D eigenvalue weighted by Gasteiger charge is -2.09. The highest BCUT2D eigenvalue weighted by Crippen LogP contribution is 2.15. The van der Waals surface area contributed by atoms with Crippen molar-refractivity contribution in [2.75, 3.05) is 13.2 Å². The third kappa shape index (κ3) is 8.00. The molecule has 0 amide bonds. The van der Waals surface area contributed by atoms with E-state index in [0.29, 0.717) is 11.1 Å². The van der Waals surface area contributed by atoms with Crippen LogP contribution in [-0.2, 0) is 28.1 Å². The molecule has 0 fully saturated rings. The molecule has 0 saturated carbocycles. The molecule has 1 aromatic carbocycles. The lowest BCUT2D eigenvalue weighted by molar-refractivity contribution is -0.176. The standard InChI is InChI=1S/C12H17F3N2O3S/c1-2-16-21(18,19)17-7-10-3-5-11(6-4-10)8-20-9-12(13,14)15/h3-6,16-17H,2,7-9H2,1H3. The molecule has 9 heteroatoms. The van der Waals surface area contributed by atoms with Crippen LogP contribution in [0.25, 0.3) is 0 Å². The van der Waals surface area contributed by atoms with Gasteiger partial charge in [-0.25, -0.2) is 4.72 Å². The van der Waals surface area contributed by atoms with Gasteiger partial charge in [0.25, 0.3) is 10.2 Å². The van der Waals surface area contributed by atoms with Crippen LogP contribution in [0.5, 0.6) is 0 Å². The van der Waals surface area contributed by atoms with Gasteiger partial charge in [0.2, 0.25) is 0 Å². The summed E-state index contributed by atoms with van der Waals surface area (Å²) in [5.41, 5.74) is 1.27. The molecule has 0 heterocycles. The predicted octanol–water partition coefficient (Wildman–Crippen LogP) is 1.71. The number of halogens is 3. The molecule has 0 spiro atoms. The number of ether oxygens (including phenoxy) is 1. The fourth-order valence-corrected chi connectivity index (χ4v) is 2.30. The predicted molar refractivity (Wildman–Crippen MR) is 71.6 cm³/mol. The molecule has 21 heavy (non-hydrogen) atoms. The molecular formula is C12H17F3N2O3S. The van der Waals surface area contributed by atoms with E-state index in [1.54, 1.807) is 31.2 Å². The zero-order valence-corrected chi connectivity index (χ0v) is 12.2. The van der Waals surface area contributed by atoms with Gasteiger partial charge >= 0.3 is 6.18 Å². The van der Waals surface area contributed by atoms with Gasteiger partial charge in [-0.15, -0.1) is 0 Å². The number of nitrogens with one attached hydrogen (secondary N) is 2. The van der Waals surface area contributed by atoms with E-state index < -0.39 is 23.0 Å². The van der Waals surface area contributed by atoms with Crippen molar-refractivity contribution in [1.82, 2.24) is 9.44 Å². The SMILES string of the molecule is CCNS(=O)(=O)NCc1ccc(COCC(F)(F)F)cc1. The fraction of sp³-hybridized carbons (Fsp3) is 0.500. The van der Waals surface area contributed by atoms with E-state index in [1.807, 2.05) is 0 Å². The molecule has 0 aromatic heterocycles. The Morgan fingerprint density at radius 1 is 1.10 bits per heavy atom. The molecule has 0 bridgehead atoms. The zero-order valence-electron chi connectivity index (χ0n) is 11.4. The highest BCUT2D eigenvalue weighted by atomic mass is 32.2. The third-order valence-electron chi connectivity index (χ3n) is 2.36. The van der Waals surface area contributed by atoms with Crippen LogP contribution in [-0.4, -0.2) is 27.7 Å². The molecule has 0 atom stereocenters. The summed E-state index contributed by atoms with van der Waals surface area (Å²) in [7, 11) is -3.52. The third-order valence-corrected chi connectivity index (χ3v) is 3.55. The fourth-order valence-electron chi connectivity index (χ4n) is 1.46. The normalized spacial score (nSPS) is 12.6. The minimum Gasteiger partial charge on any atom is -0.367 e. The average molecular weight is 326 g/mol. The Hall–Kier alpha value is -1.16. The molecule has 0 radical (unpaired) electrons. The first kappa shape index (κ1) is 17.9. The maximum Gasteiger partial charge on any atom is 0.411 e. The van der Waals surface area contributed by atoms with E-state index >= 15 is 0 Å². The van der Waals surface area contributed by atoms with Crippen molar-refractivity contribution in [3.8, 4) is 0 Å². The van der Waals surface area contributed by atoms with Gasteiger partial charge in [-0.2, -0.15) is 26.3 Å². The van der Waals surface area contributed by atoms with Gasteiger partial charge in [0.1, 0.15) is 6.61 Å². The maximum absolute atomic E-state index is 11.9. The molecule has 0 aliphatic rings. The lowest BCUT2D eigenvalue weighted by Crippen LogP contribution is -2.35. The molecule has 0 aliphatic heterocycles. The molecule has 2 N–H and O–H groups in total. The van der Waals surface area contributed by atoms with E-state index in [2.05, 4.69) is 14.2 Å². The Bertz CT molecular complexity index is 530. The molecule has 1 aromatic rings. The summed E-state index contributed by atoms with van der Waals surface area (Å²) in [6, 6.07) is 6.43. The second-order valence-electron chi connectivity index (χ2n) is 4.25. The molecule has 120 valence electrons. The first-order chi connectivity index (χ1) is 9.72. The van der Waals surface area contributed by atoms with Gasteiger partial charge in [0.05, 0.1) is 6.61 Å². The van der Waals surface area contributed by atoms with Crippen LogP contribution in [0.15, 0.2) is 24.3 Å². The van der Waals surface area contributed by atoms with Crippen molar-refractivity contribution in [3.05, 3.63) is 35.4 Å². The first-order valence-electron chi connectivity index (χ1n) is 6.18. The van der Waals surface area contributed by atoms with Gasteiger partial charge in [-0.05, 0) is 11.1 Å². The Balaban J connectivity index is 2.44. The summed E-state index contributed by atoms with van der Waals surface area (Å²) in [5, 5.41) is 0. The summed E-state index contributed by atoms with van der Waals surface area (Å²) < 4.78 is 67.6. The Morgan fingerprint density at radius 2 is 1.67 bits per heavy atom. The van der Waals surface area contributed by atoms with Crippen molar-refractivity contribution >= 4 is 10.2 Å². The van der Waals surface area contributed by atoms with Gasteiger partial charge in [-0.1, -0.05) is 31.2 Å². The summed E-state index contributed by atoms with van der Waals surface area (Å²) in [5.74, 6) is 0. The van der Waals surface area contributed by atoms with Crippen LogP contribution in [0.1, 0.15) is 18.1 Å². The number of benzene rings is 1. The van der Waals surface area contributed by atoms with Crippen LogP contribution in [0, 0.1) is 0 Å². The second kappa shape index (κ2) is 7.74. The topological polar surface area (TPSA) is 67.4 Å². The van der Waals surface area contributed by atoms with Gasteiger partial charge < -0.3 is 4.74 Å². The van der Waals surface area contributed by atoms with Crippen LogP contribution in [0.2, 0.25) is 0 Å². The molecule has 0 unspecified atom stereocenters. The molecule has 0 saturated heterocycles. The van der Waals surface area contributed by atoms with E-state index in [1.165, 1.54) is 0 Å². The van der Waals surface area contributed by atoms with E-state index in [4.69, 9.17) is 0 Å². The Labute approximate surface area is 121 Å². The number of hydrogen-bond acceptors (Lipinski definition) is 3. The van der Waals surface area contributed by atoms with E-state index in [-0.39, 0.29) is 19.7 Å². The van der Waals surface area contributed by atoms with Gasteiger partial charge in [0.15, 0.2) is 0 Å². The summed E-state index contributed by atoms with van der Waals surface area (Å²) in [4.78, 5) is 0. The molecule has 0 aliphatic carbocycles. The van der Waals surface area contributed by atoms with E-state index in [0.717, 1.165) is 0 Å². The first-order valence-corrected chi connectivity index (χ1v) is 7.67.